The average molecular weight is 297 g/mol. The molecule has 116 valence electrons. The summed E-state index contributed by atoms with van der Waals surface area (Å²) in [5.41, 5.74) is 8.01. The third kappa shape index (κ3) is 4.81. The first-order chi connectivity index (χ1) is 10.5. The molecular formula is C18H23N3O. The van der Waals surface area contributed by atoms with Gasteiger partial charge in [0.25, 0.3) is 0 Å². The number of ether oxygens (including phenoxy) is 1. The van der Waals surface area contributed by atoms with Gasteiger partial charge in [-0.15, -0.1) is 0 Å². The molecule has 0 aliphatic carbocycles. The number of guanidine groups is 1. The normalized spacial score (nSPS) is 11.5. The van der Waals surface area contributed by atoms with E-state index in [1.807, 2.05) is 69.3 Å². The van der Waals surface area contributed by atoms with Crippen LogP contribution in [0, 0.1) is 6.92 Å². The number of nitrogens with zero attached hydrogens (tertiary/aromatic N) is 1. The topological polar surface area (TPSA) is 59.6 Å². The average Bonchev–Trinajstić information content (AvgIpc) is 2.46. The Morgan fingerprint density at radius 3 is 2.68 bits per heavy atom. The quantitative estimate of drug-likeness (QED) is 0.655. The third-order valence-corrected chi connectivity index (χ3v) is 3.05. The molecule has 0 unspecified atom stereocenters. The Labute approximate surface area is 132 Å². The summed E-state index contributed by atoms with van der Waals surface area (Å²) in [6, 6.07) is 16.1. The minimum absolute atomic E-state index is 0.266. The number of hydrogen-bond acceptors (Lipinski definition) is 2. The summed E-state index contributed by atoms with van der Waals surface area (Å²) < 4.78 is 5.97. The molecule has 0 aliphatic heterocycles. The smallest absolute Gasteiger partial charge is 0.189 e. The van der Waals surface area contributed by atoms with Crippen LogP contribution in [0.5, 0.6) is 11.5 Å². The second-order valence-corrected chi connectivity index (χ2v) is 5.53. The van der Waals surface area contributed by atoms with Gasteiger partial charge in [0, 0.05) is 11.6 Å². The molecular weight excluding hydrogens is 274 g/mol. The van der Waals surface area contributed by atoms with Gasteiger partial charge in [0.15, 0.2) is 5.96 Å². The fourth-order valence-corrected chi connectivity index (χ4v) is 2.05. The van der Waals surface area contributed by atoms with Crippen LogP contribution in [0.4, 0.5) is 0 Å². The molecule has 4 nitrogen and oxygen atoms in total. The van der Waals surface area contributed by atoms with Crippen molar-refractivity contribution in [3.05, 3.63) is 59.7 Å². The van der Waals surface area contributed by atoms with E-state index in [0.29, 0.717) is 12.5 Å². The highest BCUT2D eigenvalue weighted by molar-refractivity contribution is 5.78. The lowest BCUT2D eigenvalue weighted by Crippen LogP contribution is -2.36. The van der Waals surface area contributed by atoms with Crippen molar-refractivity contribution in [3.8, 4) is 11.5 Å². The molecule has 0 saturated carbocycles. The van der Waals surface area contributed by atoms with Crippen molar-refractivity contribution in [2.24, 2.45) is 10.7 Å². The molecule has 0 amide bonds. The molecule has 0 aliphatic rings. The van der Waals surface area contributed by atoms with E-state index in [-0.39, 0.29) is 6.04 Å². The van der Waals surface area contributed by atoms with Crippen LogP contribution < -0.4 is 15.8 Å². The first kappa shape index (κ1) is 15.9. The highest BCUT2D eigenvalue weighted by atomic mass is 16.5. The second-order valence-electron chi connectivity index (χ2n) is 5.53. The van der Waals surface area contributed by atoms with Crippen LogP contribution in [0.3, 0.4) is 0 Å². The summed E-state index contributed by atoms with van der Waals surface area (Å²) in [7, 11) is 0. The van der Waals surface area contributed by atoms with Crippen LogP contribution in [-0.2, 0) is 6.54 Å². The maximum atomic E-state index is 5.97. The molecule has 0 radical (unpaired) electrons. The lowest BCUT2D eigenvalue weighted by molar-refractivity contribution is 0.476. The number of para-hydroxylation sites is 1. The summed E-state index contributed by atoms with van der Waals surface area (Å²) in [6.45, 7) is 6.57. The molecule has 0 spiro atoms. The van der Waals surface area contributed by atoms with E-state index in [1.54, 1.807) is 0 Å². The minimum Gasteiger partial charge on any atom is -0.457 e. The van der Waals surface area contributed by atoms with Crippen LogP contribution in [0.25, 0.3) is 0 Å². The summed E-state index contributed by atoms with van der Waals surface area (Å²) in [6.07, 6.45) is 0. The van der Waals surface area contributed by atoms with Crippen LogP contribution >= 0.6 is 0 Å². The summed E-state index contributed by atoms with van der Waals surface area (Å²) in [5, 5.41) is 3.08. The van der Waals surface area contributed by atoms with E-state index in [0.717, 1.165) is 17.1 Å². The Morgan fingerprint density at radius 1 is 1.18 bits per heavy atom. The maximum Gasteiger partial charge on any atom is 0.189 e. The van der Waals surface area contributed by atoms with Gasteiger partial charge in [-0.05, 0) is 44.5 Å². The maximum absolute atomic E-state index is 5.97. The first-order valence-electron chi connectivity index (χ1n) is 7.43. The van der Waals surface area contributed by atoms with Gasteiger partial charge in [-0.2, -0.15) is 0 Å². The van der Waals surface area contributed by atoms with Gasteiger partial charge >= 0.3 is 0 Å². The molecule has 3 N–H and O–H groups in total. The van der Waals surface area contributed by atoms with E-state index in [2.05, 4.69) is 10.3 Å². The number of rotatable bonds is 5. The minimum atomic E-state index is 0.266. The zero-order chi connectivity index (χ0) is 15.9. The van der Waals surface area contributed by atoms with E-state index in [1.165, 1.54) is 5.56 Å². The number of aliphatic imine (C=N–C) groups is 1. The van der Waals surface area contributed by atoms with Gasteiger partial charge in [0.2, 0.25) is 0 Å². The zero-order valence-electron chi connectivity index (χ0n) is 13.3. The van der Waals surface area contributed by atoms with Crippen molar-refractivity contribution in [3.63, 3.8) is 0 Å². The van der Waals surface area contributed by atoms with Gasteiger partial charge in [-0.25, -0.2) is 4.99 Å². The van der Waals surface area contributed by atoms with Crippen molar-refractivity contribution >= 4 is 5.96 Å². The van der Waals surface area contributed by atoms with Gasteiger partial charge < -0.3 is 15.8 Å². The van der Waals surface area contributed by atoms with E-state index in [4.69, 9.17) is 10.5 Å². The van der Waals surface area contributed by atoms with Crippen LogP contribution in [0.15, 0.2) is 53.5 Å². The predicted molar refractivity (Wildman–Crippen MR) is 91.3 cm³/mol. The predicted octanol–water partition coefficient (Wildman–Crippen LogP) is 3.60. The van der Waals surface area contributed by atoms with Crippen LogP contribution in [-0.4, -0.2) is 12.0 Å². The molecule has 0 atom stereocenters. The molecule has 22 heavy (non-hydrogen) atoms. The van der Waals surface area contributed by atoms with Gasteiger partial charge in [0.05, 0.1) is 6.54 Å². The van der Waals surface area contributed by atoms with Gasteiger partial charge in [-0.3, -0.25) is 0 Å². The lowest BCUT2D eigenvalue weighted by Gasteiger charge is -2.11. The molecule has 4 heteroatoms. The number of hydrogen-bond donors (Lipinski definition) is 2. The highest BCUT2D eigenvalue weighted by Crippen LogP contribution is 2.26. The first-order valence-corrected chi connectivity index (χ1v) is 7.43. The third-order valence-electron chi connectivity index (χ3n) is 3.05. The Hall–Kier alpha value is -2.49. The molecule has 2 rings (SSSR count). The van der Waals surface area contributed by atoms with Gasteiger partial charge in [0.1, 0.15) is 11.5 Å². The monoisotopic (exact) mass is 297 g/mol. The molecule has 2 aromatic carbocycles. The molecule has 0 heterocycles. The molecule has 2 aromatic rings. The largest absolute Gasteiger partial charge is 0.457 e. The number of benzene rings is 2. The summed E-state index contributed by atoms with van der Waals surface area (Å²) in [5.74, 6) is 2.07. The van der Waals surface area contributed by atoms with Gasteiger partial charge in [-0.1, -0.05) is 30.3 Å². The van der Waals surface area contributed by atoms with E-state index < -0.39 is 0 Å². The van der Waals surface area contributed by atoms with Crippen molar-refractivity contribution in [2.45, 2.75) is 33.4 Å². The van der Waals surface area contributed by atoms with E-state index in [9.17, 15) is 0 Å². The summed E-state index contributed by atoms with van der Waals surface area (Å²) >= 11 is 0. The Kier molecular flexibility index (Phi) is 5.42. The van der Waals surface area contributed by atoms with Crippen molar-refractivity contribution < 1.29 is 4.74 Å². The molecule has 0 saturated heterocycles. The fraction of sp³-hybridized carbons (Fsp3) is 0.278. The zero-order valence-corrected chi connectivity index (χ0v) is 13.3. The molecule has 0 fully saturated rings. The number of nitrogens with one attached hydrogen (secondary N) is 1. The standard InChI is InChI=1S/C18H23N3O/c1-13(2)21-18(19)20-12-15-8-4-5-10-17(15)22-16-9-6-7-14(3)11-16/h4-11,13H,12H2,1-3H3,(H3,19,20,21). The fourth-order valence-electron chi connectivity index (χ4n) is 2.05. The number of nitrogens with two attached hydrogens (primary N) is 1. The van der Waals surface area contributed by atoms with Crippen LogP contribution in [0.2, 0.25) is 0 Å². The summed E-state index contributed by atoms with van der Waals surface area (Å²) in [4.78, 5) is 4.36. The van der Waals surface area contributed by atoms with Crippen molar-refractivity contribution in [1.82, 2.24) is 5.32 Å². The Balaban J connectivity index is 2.13. The Bertz CT molecular complexity index is 650. The van der Waals surface area contributed by atoms with E-state index >= 15 is 0 Å². The SMILES string of the molecule is Cc1cccc(Oc2ccccc2CN=C(N)NC(C)C)c1. The van der Waals surface area contributed by atoms with Crippen LogP contribution in [0.1, 0.15) is 25.0 Å². The Morgan fingerprint density at radius 2 is 1.95 bits per heavy atom. The molecule has 0 bridgehead atoms. The van der Waals surface area contributed by atoms with Crippen molar-refractivity contribution in [2.75, 3.05) is 0 Å². The second kappa shape index (κ2) is 7.50. The van der Waals surface area contributed by atoms with Crippen molar-refractivity contribution in [1.29, 1.82) is 0 Å². The number of aryl methyl sites for hydroxylation is 1. The highest BCUT2D eigenvalue weighted by Gasteiger charge is 2.05. The molecule has 0 aromatic heterocycles. The lowest BCUT2D eigenvalue weighted by atomic mass is 10.2.